The van der Waals surface area contributed by atoms with Crippen LogP contribution in [0.25, 0.3) is 22.1 Å². The van der Waals surface area contributed by atoms with Crippen LogP contribution in [-0.4, -0.2) is 28.0 Å². The predicted molar refractivity (Wildman–Crippen MR) is 107 cm³/mol. The van der Waals surface area contributed by atoms with Crippen molar-refractivity contribution in [3.63, 3.8) is 0 Å². The van der Waals surface area contributed by atoms with E-state index in [1.807, 2.05) is 0 Å². The van der Waals surface area contributed by atoms with E-state index in [0.29, 0.717) is 16.5 Å². The first-order valence-electron chi connectivity index (χ1n) is 8.69. The summed E-state index contributed by atoms with van der Waals surface area (Å²) < 4.78 is 24.6. The largest absolute Gasteiger partial charge is 0.454 e. The van der Waals surface area contributed by atoms with Crippen LogP contribution in [0.15, 0.2) is 58.0 Å². The number of anilines is 1. The Labute approximate surface area is 172 Å². The molecule has 1 N–H and O–H groups in total. The van der Waals surface area contributed by atoms with Gasteiger partial charge in [-0.25, -0.2) is 9.37 Å². The van der Waals surface area contributed by atoms with Crippen LogP contribution in [0, 0.1) is 5.82 Å². The number of aromatic nitrogens is 2. The van der Waals surface area contributed by atoms with Crippen molar-refractivity contribution in [1.29, 1.82) is 0 Å². The van der Waals surface area contributed by atoms with Crippen molar-refractivity contribution >= 4 is 51.2 Å². The number of amides is 1. The zero-order chi connectivity index (χ0) is 21.3. The summed E-state index contributed by atoms with van der Waals surface area (Å²) in [6.45, 7) is -1.04. The summed E-state index contributed by atoms with van der Waals surface area (Å²) in [7, 11) is 0. The molecule has 152 valence electrons. The summed E-state index contributed by atoms with van der Waals surface area (Å²) in [5.74, 6) is -2.09. The zero-order valence-electron chi connectivity index (χ0n) is 15.2. The molecule has 30 heavy (non-hydrogen) atoms. The highest BCUT2D eigenvalue weighted by Gasteiger charge is 2.16. The normalized spacial score (nSPS) is 11.0. The summed E-state index contributed by atoms with van der Waals surface area (Å²) in [4.78, 5) is 40.7. The van der Waals surface area contributed by atoms with Crippen molar-refractivity contribution in [1.82, 2.24) is 9.55 Å². The van der Waals surface area contributed by atoms with Gasteiger partial charge in [0.05, 0.1) is 11.3 Å². The highest BCUT2D eigenvalue weighted by molar-refractivity contribution is 6.31. The number of hydrogen-bond acceptors (Lipinski definition) is 6. The van der Waals surface area contributed by atoms with Crippen LogP contribution in [0.1, 0.15) is 0 Å². The Balaban J connectivity index is 1.41. The van der Waals surface area contributed by atoms with Gasteiger partial charge in [0.15, 0.2) is 6.61 Å². The number of rotatable bonds is 5. The van der Waals surface area contributed by atoms with Gasteiger partial charge in [0, 0.05) is 11.1 Å². The molecule has 10 heteroatoms. The molecular formula is C20H13ClFN3O5. The van der Waals surface area contributed by atoms with Crippen LogP contribution in [-0.2, 0) is 20.9 Å². The highest BCUT2D eigenvalue weighted by Crippen LogP contribution is 2.24. The molecular weight excluding hydrogens is 417 g/mol. The van der Waals surface area contributed by atoms with E-state index < -0.39 is 36.4 Å². The summed E-state index contributed by atoms with van der Waals surface area (Å²) in [5, 5.41) is 2.95. The molecule has 0 aliphatic rings. The van der Waals surface area contributed by atoms with Crippen molar-refractivity contribution in [2.75, 3.05) is 11.9 Å². The fraction of sp³-hybridized carbons (Fsp3) is 0.100. The number of hydrogen-bond donors (Lipinski definition) is 1. The number of para-hydroxylation sites is 1. The Kier molecular flexibility index (Phi) is 5.20. The van der Waals surface area contributed by atoms with Crippen molar-refractivity contribution in [3.05, 3.63) is 70.0 Å². The minimum Gasteiger partial charge on any atom is -0.454 e. The number of carbonyl (C=O) groups is 2. The Morgan fingerprint density at radius 1 is 1.23 bits per heavy atom. The van der Waals surface area contributed by atoms with Crippen LogP contribution in [0.5, 0.6) is 0 Å². The third kappa shape index (κ3) is 3.87. The Bertz CT molecular complexity index is 1350. The predicted octanol–water partition coefficient (Wildman–Crippen LogP) is 3.12. The van der Waals surface area contributed by atoms with Gasteiger partial charge in [-0.2, -0.15) is 0 Å². The number of furan rings is 1. The first-order chi connectivity index (χ1) is 14.4. The quantitative estimate of drug-likeness (QED) is 0.489. The molecule has 4 rings (SSSR count). The SMILES string of the molecule is O=C(COC(=O)Cn1cnc2c(oc3ccccc32)c1=O)Nc1ccc(F)c(Cl)c1. The van der Waals surface area contributed by atoms with E-state index in [-0.39, 0.29) is 16.3 Å². The lowest BCUT2D eigenvalue weighted by atomic mass is 10.2. The average molecular weight is 430 g/mol. The minimum absolute atomic E-state index is 0.0254. The number of ether oxygens (including phenoxy) is 1. The molecule has 0 radical (unpaired) electrons. The van der Waals surface area contributed by atoms with Crippen LogP contribution in [0.4, 0.5) is 10.1 Å². The van der Waals surface area contributed by atoms with Crippen LogP contribution in [0.3, 0.4) is 0 Å². The number of benzene rings is 2. The van der Waals surface area contributed by atoms with E-state index in [0.717, 1.165) is 10.6 Å². The Hall–Kier alpha value is -3.72. The maximum atomic E-state index is 13.1. The van der Waals surface area contributed by atoms with Crippen LogP contribution >= 0.6 is 11.6 Å². The standard InChI is InChI=1S/C20H13ClFN3O5/c21-13-7-11(5-6-14(13)22)24-16(26)9-29-17(27)8-25-10-23-18-12-3-1-2-4-15(12)30-19(18)20(25)28/h1-7,10H,8-9H2,(H,24,26). The maximum absolute atomic E-state index is 13.1. The molecule has 2 aromatic carbocycles. The maximum Gasteiger partial charge on any atom is 0.326 e. The van der Waals surface area contributed by atoms with Gasteiger partial charge in [-0.05, 0) is 30.3 Å². The molecule has 2 aromatic heterocycles. The first kappa shape index (κ1) is 19.6. The molecule has 0 spiro atoms. The van der Waals surface area contributed by atoms with Gasteiger partial charge in [-0.15, -0.1) is 0 Å². The number of nitrogens with zero attached hydrogens (tertiary/aromatic N) is 2. The summed E-state index contributed by atoms with van der Waals surface area (Å²) in [6.07, 6.45) is 1.22. The molecule has 0 unspecified atom stereocenters. The average Bonchev–Trinajstić information content (AvgIpc) is 3.11. The number of carbonyl (C=O) groups excluding carboxylic acids is 2. The van der Waals surface area contributed by atoms with E-state index in [1.165, 1.54) is 18.5 Å². The van der Waals surface area contributed by atoms with Gasteiger partial charge >= 0.3 is 5.97 Å². The van der Waals surface area contributed by atoms with Gasteiger partial charge in [-0.1, -0.05) is 23.7 Å². The summed E-state index contributed by atoms with van der Waals surface area (Å²) in [5.41, 5.74) is 0.641. The molecule has 0 bridgehead atoms. The highest BCUT2D eigenvalue weighted by atomic mass is 35.5. The molecule has 4 aromatic rings. The minimum atomic E-state index is -0.818. The smallest absolute Gasteiger partial charge is 0.326 e. The fourth-order valence-corrected chi connectivity index (χ4v) is 3.01. The van der Waals surface area contributed by atoms with Gasteiger partial charge < -0.3 is 14.5 Å². The van der Waals surface area contributed by atoms with E-state index >= 15 is 0 Å². The first-order valence-corrected chi connectivity index (χ1v) is 9.07. The number of nitrogens with one attached hydrogen (secondary N) is 1. The second-order valence-electron chi connectivity index (χ2n) is 6.29. The van der Waals surface area contributed by atoms with E-state index in [1.54, 1.807) is 24.3 Å². The molecule has 8 nitrogen and oxygen atoms in total. The van der Waals surface area contributed by atoms with Gasteiger partial charge in [0.25, 0.3) is 11.5 Å². The molecule has 1 amide bonds. The molecule has 0 fully saturated rings. The van der Waals surface area contributed by atoms with E-state index in [9.17, 15) is 18.8 Å². The molecule has 0 aliphatic heterocycles. The van der Waals surface area contributed by atoms with Crippen molar-refractivity contribution < 1.29 is 23.1 Å². The second-order valence-corrected chi connectivity index (χ2v) is 6.70. The van der Waals surface area contributed by atoms with Gasteiger partial charge in [0.2, 0.25) is 5.58 Å². The number of fused-ring (bicyclic) bond motifs is 3. The van der Waals surface area contributed by atoms with Gasteiger partial charge in [-0.3, -0.25) is 19.0 Å². The lowest BCUT2D eigenvalue weighted by Gasteiger charge is -2.08. The molecule has 2 heterocycles. The Morgan fingerprint density at radius 3 is 2.83 bits per heavy atom. The monoisotopic (exact) mass is 429 g/mol. The summed E-state index contributed by atoms with van der Waals surface area (Å²) >= 11 is 5.64. The molecule has 0 saturated carbocycles. The Morgan fingerprint density at radius 2 is 2.03 bits per heavy atom. The summed E-state index contributed by atoms with van der Waals surface area (Å²) in [6, 6.07) is 10.7. The fourth-order valence-electron chi connectivity index (χ4n) is 2.83. The van der Waals surface area contributed by atoms with Crippen molar-refractivity contribution in [3.8, 4) is 0 Å². The van der Waals surface area contributed by atoms with Crippen molar-refractivity contribution in [2.24, 2.45) is 0 Å². The lowest BCUT2D eigenvalue weighted by molar-refractivity contribution is -0.147. The van der Waals surface area contributed by atoms with Gasteiger partial charge in [0.1, 0.15) is 23.5 Å². The third-order valence-corrected chi connectivity index (χ3v) is 4.51. The zero-order valence-corrected chi connectivity index (χ0v) is 16.0. The third-order valence-electron chi connectivity index (χ3n) is 4.22. The van der Waals surface area contributed by atoms with E-state index in [4.69, 9.17) is 20.8 Å². The number of halogens is 2. The molecule has 0 saturated heterocycles. The molecule has 0 aliphatic carbocycles. The van der Waals surface area contributed by atoms with E-state index in [2.05, 4.69) is 10.3 Å². The number of esters is 1. The van der Waals surface area contributed by atoms with Crippen LogP contribution in [0.2, 0.25) is 5.02 Å². The molecule has 0 atom stereocenters. The van der Waals surface area contributed by atoms with Crippen molar-refractivity contribution in [2.45, 2.75) is 6.54 Å². The van der Waals surface area contributed by atoms with Crippen LogP contribution < -0.4 is 10.9 Å². The second kappa shape index (κ2) is 7.96. The lowest BCUT2D eigenvalue weighted by Crippen LogP contribution is -2.27. The topological polar surface area (TPSA) is 103 Å².